The first-order valence-electron chi connectivity index (χ1n) is 11.8. The number of hydrogen-bond donors (Lipinski definition) is 1. The number of aryl methyl sites for hydroxylation is 1. The third-order valence-corrected chi connectivity index (χ3v) is 6.20. The molecule has 34 heavy (non-hydrogen) atoms. The summed E-state index contributed by atoms with van der Waals surface area (Å²) in [5, 5.41) is 5.31. The van der Waals surface area contributed by atoms with E-state index in [2.05, 4.69) is 14.9 Å². The van der Waals surface area contributed by atoms with Crippen molar-refractivity contribution >= 4 is 28.2 Å². The topological polar surface area (TPSA) is 56.1 Å². The number of halogens is 1. The summed E-state index contributed by atoms with van der Waals surface area (Å²) >= 11 is 6.07. The van der Waals surface area contributed by atoms with Crippen LogP contribution in [0.2, 0.25) is 5.02 Å². The standard InChI is InChI=1S/C28H30ClN3O2/c1-21-28(34-20-22-9-5-4-6-10-22)27(33)14-18-32(21)17-8-3-2-7-15-30-25-13-16-31-26-19-23(29)11-12-24(25)26/h4-6,9-14,16,18-19H,2-3,7-8,15,17,20H2,1H3,(H,30,31). The van der Waals surface area contributed by atoms with Crippen LogP contribution < -0.4 is 15.5 Å². The van der Waals surface area contributed by atoms with E-state index in [1.807, 2.05) is 73.9 Å². The van der Waals surface area contributed by atoms with Crippen LogP contribution in [0.4, 0.5) is 5.69 Å². The lowest BCUT2D eigenvalue weighted by atomic mass is 10.1. The van der Waals surface area contributed by atoms with E-state index in [0.29, 0.717) is 17.4 Å². The summed E-state index contributed by atoms with van der Waals surface area (Å²) in [6.45, 7) is 4.14. The number of hydrogen-bond acceptors (Lipinski definition) is 4. The second-order valence-corrected chi connectivity index (χ2v) is 8.86. The quantitative estimate of drug-likeness (QED) is 0.248. The molecule has 0 atom stereocenters. The van der Waals surface area contributed by atoms with E-state index in [-0.39, 0.29) is 5.43 Å². The molecule has 0 bridgehead atoms. The van der Waals surface area contributed by atoms with E-state index in [9.17, 15) is 4.79 Å². The fourth-order valence-electron chi connectivity index (χ4n) is 4.06. The van der Waals surface area contributed by atoms with Crippen LogP contribution in [0.5, 0.6) is 5.75 Å². The van der Waals surface area contributed by atoms with Gasteiger partial charge in [0.25, 0.3) is 0 Å². The van der Waals surface area contributed by atoms with Crippen molar-refractivity contribution in [1.82, 2.24) is 9.55 Å². The molecule has 4 rings (SSSR count). The van der Waals surface area contributed by atoms with Gasteiger partial charge in [-0.2, -0.15) is 0 Å². The normalized spacial score (nSPS) is 11.0. The van der Waals surface area contributed by atoms with Crippen molar-refractivity contribution in [2.75, 3.05) is 11.9 Å². The van der Waals surface area contributed by atoms with Gasteiger partial charge in [0.1, 0.15) is 6.61 Å². The zero-order valence-corrected chi connectivity index (χ0v) is 20.2. The Bertz CT molecular complexity index is 1290. The van der Waals surface area contributed by atoms with Crippen LogP contribution in [0.15, 0.2) is 77.9 Å². The summed E-state index contributed by atoms with van der Waals surface area (Å²) in [6.07, 6.45) is 8.09. The molecular formula is C28H30ClN3O2. The molecule has 1 N–H and O–H groups in total. The van der Waals surface area contributed by atoms with Gasteiger partial charge in [-0.3, -0.25) is 9.78 Å². The molecule has 0 saturated carbocycles. The first-order valence-corrected chi connectivity index (χ1v) is 12.1. The van der Waals surface area contributed by atoms with Crippen molar-refractivity contribution in [2.45, 2.75) is 45.8 Å². The van der Waals surface area contributed by atoms with E-state index < -0.39 is 0 Å². The summed E-state index contributed by atoms with van der Waals surface area (Å²) < 4.78 is 8.00. The Hall–Kier alpha value is -3.31. The molecule has 0 aliphatic rings. The minimum Gasteiger partial charge on any atom is -0.483 e. The van der Waals surface area contributed by atoms with Gasteiger partial charge in [0, 0.05) is 47.6 Å². The second kappa shape index (κ2) is 11.7. The van der Waals surface area contributed by atoms with Crippen molar-refractivity contribution in [2.24, 2.45) is 0 Å². The Morgan fingerprint density at radius 1 is 1.00 bits per heavy atom. The number of anilines is 1. The molecule has 0 aliphatic carbocycles. The SMILES string of the molecule is Cc1c(OCc2ccccc2)c(=O)ccn1CCCCCCNc1ccnc2cc(Cl)ccc12. The molecule has 4 aromatic rings. The van der Waals surface area contributed by atoms with Crippen LogP contribution in [0, 0.1) is 6.92 Å². The zero-order valence-electron chi connectivity index (χ0n) is 19.5. The van der Waals surface area contributed by atoms with Crippen molar-refractivity contribution in [3.8, 4) is 5.75 Å². The number of ether oxygens (including phenoxy) is 1. The van der Waals surface area contributed by atoms with E-state index >= 15 is 0 Å². The molecule has 0 unspecified atom stereocenters. The van der Waals surface area contributed by atoms with Gasteiger partial charge in [-0.25, -0.2) is 0 Å². The Balaban J connectivity index is 1.22. The van der Waals surface area contributed by atoms with Gasteiger partial charge in [0.15, 0.2) is 5.75 Å². The van der Waals surface area contributed by atoms with Crippen LogP contribution in [-0.2, 0) is 13.2 Å². The third kappa shape index (κ3) is 6.17. The monoisotopic (exact) mass is 475 g/mol. The molecule has 5 nitrogen and oxygen atoms in total. The van der Waals surface area contributed by atoms with Gasteiger partial charge in [-0.1, -0.05) is 54.8 Å². The fraction of sp³-hybridized carbons (Fsp3) is 0.286. The van der Waals surface area contributed by atoms with Crippen molar-refractivity contribution in [1.29, 1.82) is 0 Å². The van der Waals surface area contributed by atoms with Crippen LogP contribution >= 0.6 is 11.6 Å². The van der Waals surface area contributed by atoms with E-state index in [1.54, 1.807) is 6.07 Å². The molecule has 0 radical (unpaired) electrons. The highest BCUT2D eigenvalue weighted by atomic mass is 35.5. The third-order valence-electron chi connectivity index (χ3n) is 5.96. The molecule has 2 heterocycles. The molecule has 0 spiro atoms. The lowest BCUT2D eigenvalue weighted by molar-refractivity contribution is 0.296. The predicted octanol–water partition coefficient (Wildman–Crippen LogP) is 6.61. The van der Waals surface area contributed by atoms with Gasteiger partial charge in [0.05, 0.1) is 11.2 Å². The number of rotatable bonds is 11. The maximum Gasteiger partial charge on any atom is 0.223 e. The molecule has 6 heteroatoms. The maximum absolute atomic E-state index is 12.3. The van der Waals surface area contributed by atoms with Crippen LogP contribution in [0.3, 0.4) is 0 Å². The van der Waals surface area contributed by atoms with Gasteiger partial charge in [-0.15, -0.1) is 0 Å². The number of aromatic nitrogens is 2. The Morgan fingerprint density at radius 2 is 1.82 bits per heavy atom. The number of nitrogens with zero attached hydrogens (tertiary/aromatic N) is 2. The van der Waals surface area contributed by atoms with E-state index in [4.69, 9.17) is 16.3 Å². The zero-order chi connectivity index (χ0) is 23.8. The van der Waals surface area contributed by atoms with Crippen molar-refractivity contribution in [3.63, 3.8) is 0 Å². The Kier molecular flexibility index (Phi) is 8.21. The first kappa shape index (κ1) is 23.8. The van der Waals surface area contributed by atoms with Gasteiger partial charge in [-0.05, 0) is 49.6 Å². The smallest absolute Gasteiger partial charge is 0.223 e. The second-order valence-electron chi connectivity index (χ2n) is 8.42. The van der Waals surface area contributed by atoms with Crippen molar-refractivity contribution in [3.05, 3.63) is 99.6 Å². The minimum absolute atomic E-state index is 0.0679. The molecule has 2 aromatic heterocycles. The fourth-order valence-corrected chi connectivity index (χ4v) is 4.23. The lowest BCUT2D eigenvalue weighted by Crippen LogP contribution is -2.15. The summed E-state index contributed by atoms with van der Waals surface area (Å²) in [6, 6.07) is 19.3. The number of fused-ring (bicyclic) bond motifs is 1. The average molecular weight is 476 g/mol. The summed E-state index contributed by atoms with van der Waals surface area (Å²) in [7, 11) is 0. The molecule has 176 valence electrons. The van der Waals surface area contributed by atoms with E-state index in [1.165, 1.54) is 0 Å². The minimum atomic E-state index is -0.0679. The first-order chi connectivity index (χ1) is 16.6. The number of nitrogens with one attached hydrogen (secondary N) is 1. The van der Waals surface area contributed by atoms with Gasteiger partial charge in [0.2, 0.25) is 5.43 Å². The Morgan fingerprint density at radius 3 is 2.68 bits per heavy atom. The number of unbranched alkanes of at least 4 members (excludes halogenated alkanes) is 3. The molecule has 2 aromatic carbocycles. The summed E-state index contributed by atoms with van der Waals surface area (Å²) in [5.74, 6) is 0.446. The predicted molar refractivity (Wildman–Crippen MR) is 140 cm³/mol. The molecule has 0 fully saturated rings. The molecule has 0 aliphatic heterocycles. The molecule has 0 amide bonds. The molecule has 0 saturated heterocycles. The maximum atomic E-state index is 12.3. The number of pyridine rings is 2. The van der Waals surface area contributed by atoms with Crippen LogP contribution in [-0.4, -0.2) is 16.1 Å². The highest BCUT2D eigenvalue weighted by Gasteiger charge is 2.09. The lowest BCUT2D eigenvalue weighted by Gasteiger charge is -2.15. The van der Waals surface area contributed by atoms with Gasteiger partial charge >= 0.3 is 0 Å². The number of benzene rings is 2. The highest BCUT2D eigenvalue weighted by molar-refractivity contribution is 6.31. The van der Waals surface area contributed by atoms with E-state index in [0.717, 1.165) is 66.6 Å². The van der Waals surface area contributed by atoms with Gasteiger partial charge < -0.3 is 14.6 Å². The molecular weight excluding hydrogens is 446 g/mol. The van der Waals surface area contributed by atoms with Crippen LogP contribution in [0.1, 0.15) is 36.9 Å². The largest absolute Gasteiger partial charge is 0.483 e. The van der Waals surface area contributed by atoms with Crippen molar-refractivity contribution < 1.29 is 4.74 Å². The Labute approximate surface area is 205 Å². The summed E-state index contributed by atoms with van der Waals surface area (Å²) in [4.78, 5) is 16.7. The van der Waals surface area contributed by atoms with Crippen LogP contribution in [0.25, 0.3) is 10.9 Å². The average Bonchev–Trinajstić information content (AvgIpc) is 2.85. The highest BCUT2D eigenvalue weighted by Crippen LogP contribution is 2.24. The summed E-state index contributed by atoms with van der Waals surface area (Å²) in [5.41, 5.74) is 3.86.